The molecule has 0 aliphatic carbocycles. The van der Waals surface area contributed by atoms with Crippen LogP contribution in [0.2, 0.25) is 0 Å². The molecule has 0 saturated carbocycles. The van der Waals surface area contributed by atoms with Crippen molar-refractivity contribution in [2.45, 2.75) is 58.4 Å². The Kier molecular flexibility index (Phi) is 7.03. The summed E-state index contributed by atoms with van der Waals surface area (Å²) in [6, 6.07) is 0.764. The lowest BCUT2D eigenvalue weighted by Gasteiger charge is -2.32. The first-order chi connectivity index (χ1) is 7.36. The number of nitrogens with zero attached hydrogens (tertiary/aromatic N) is 1. The number of likely N-dealkylation sites (N-methyl/N-ethyl adjacent to an activating group) is 1. The van der Waals surface area contributed by atoms with Crippen molar-refractivity contribution >= 4 is 0 Å². The van der Waals surface area contributed by atoms with Crippen LogP contribution in [0.15, 0.2) is 0 Å². The molecule has 1 aliphatic rings. The van der Waals surface area contributed by atoms with Crippen molar-refractivity contribution in [3.8, 4) is 0 Å². The van der Waals surface area contributed by atoms with Gasteiger partial charge in [0.15, 0.2) is 0 Å². The normalized spacial score (nSPS) is 23.2. The SMILES string of the molecule is CCCCCCNC1CCCN(CC)C1. The lowest BCUT2D eigenvalue weighted by molar-refractivity contribution is 0.199. The van der Waals surface area contributed by atoms with Gasteiger partial charge in [0.25, 0.3) is 0 Å². The highest BCUT2D eigenvalue weighted by Gasteiger charge is 2.17. The van der Waals surface area contributed by atoms with E-state index in [4.69, 9.17) is 0 Å². The van der Waals surface area contributed by atoms with Gasteiger partial charge in [-0.25, -0.2) is 0 Å². The zero-order valence-corrected chi connectivity index (χ0v) is 10.6. The maximum atomic E-state index is 3.70. The minimum absolute atomic E-state index is 0.764. The predicted octanol–water partition coefficient (Wildman–Crippen LogP) is 2.64. The van der Waals surface area contributed by atoms with Crippen LogP contribution in [0.4, 0.5) is 0 Å². The Labute approximate surface area is 95.4 Å². The van der Waals surface area contributed by atoms with E-state index in [9.17, 15) is 0 Å². The molecule has 0 spiro atoms. The minimum atomic E-state index is 0.764. The van der Waals surface area contributed by atoms with Crippen molar-refractivity contribution in [2.75, 3.05) is 26.2 Å². The van der Waals surface area contributed by atoms with Crippen LogP contribution in [0.5, 0.6) is 0 Å². The second-order valence-corrected chi connectivity index (χ2v) is 4.75. The summed E-state index contributed by atoms with van der Waals surface area (Å²) in [6.07, 6.45) is 8.25. The van der Waals surface area contributed by atoms with Crippen LogP contribution in [-0.4, -0.2) is 37.1 Å². The fourth-order valence-electron chi connectivity index (χ4n) is 2.37. The van der Waals surface area contributed by atoms with E-state index in [1.54, 1.807) is 0 Å². The van der Waals surface area contributed by atoms with Crippen LogP contribution < -0.4 is 5.32 Å². The molecule has 0 amide bonds. The molecule has 0 bridgehead atoms. The van der Waals surface area contributed by atoms with Gasteiger partial charge in [0.05, 0.1) is 0 Å². The number of hydrogen-bond acceptors (Lipinski definition) is 2. The molecule has 1 atom stereocenters. The summed E-state index contributed by atoms with van der Waals surface area (Å²) >= 11 is 0. The van der Waals surface area contributed by atoms with Crippen LogP contribution in [0.3, 0.4) is 0 Å². The summed E-state index contributed by atoms with van der Waals surface area (Å²) in [5, 5.41) is 3.70. The number of hydrogen-bond donors (Lipinski definition) is 1. The van der Waals surface area contributed by atoms with Crippen molar-refractivity contribution in [3.05, 3.63) is 0 Å². The summed E-state index contributed by atoms with van der Waals surface area (Å²) in [4.78, 5) is 2.56. The quantitative estimate of drug-likeness (QED) is 0.653. The molecule has 0 aromatic rings. The van der Waals surface area contributed by atoms with E-state index in [1.165, 1.54) is 64.7 Å². The summed E-state index contributed by atoms with van der Waals surface area (Å²) in [7, 11) is 0. The second-order valence-electron chi connectivity index (χ2n) is 4.75. The molecule has 1 saturated heterocycles. The fourth-order valence-corrected chi connectivity index (χ4v) is 2.37. The molecule has 1 aliphatic heterocycles. The average molecular weight is 212 g/mol. The number of rotatable bonds is 7. The summed E-state index contributed by atoms with van der Waals surface area (Å²) in [5.41, 5.74) is 0. The molecule has 0 aromatic carbocycles. The number of likely N-dealkylation sites (tertiary alicyclic amines) is 1. The Morgan fingerprint density at radius 2 is 2.07 bits per heavy atom. The molecule has 15 heavy (non-hydrogen) atoms. The van der Waals surface area contributed by atoms with Gasteiger partial charge in [0.2, 0.25) is 0 Å². The maximum Gasteiger partial charge on any atom is 0.0195 e. The van der Waals surface area contributed by atoms with Crippen molar-refractivity contribution in [1.29, 1.82) is 0 Å². The van der Waals surface area contributed by atoms with Gasteiger partial charge < -0.3 is 10.2 Å². The second kappa shape index (κ2) is 8.12. The minimum Gasteiger partial charge on any atom is -0.313 e. The molecule has 0 aromatic heterocycles. The highest BCUT2D eigenvalue weighted by molar-refractivity contribution is 4.77. The molecule has 1 rings (SSSR count). The van der Waals surface area contributed by atoms with Crippen LogP contribution >= 0.6 is 0 Å². The Bertz CT molecular complexity index is 147. The molecule has 2 nitrogen and oxygen atoms in total. The van der Waals surface area contributed by atoms with Gasteiger partial charge in [-0.15, -0.1) is 0 Å². The molecular formula is C13H28N2. The zero-order chi connectivity index (χ0) is 10.9. The Morgan fingerprint density at radius 3 is 2.80 bits per heavy atom. The summed E-state index contributed by atoms with van der Waals surface area (Å²) in [5.74, 6) is 0. The summed E-state index contributed by atoms with van der Waals surface area (Å²) in [6.45, 7) is 9.56. The first-order valence-corrected chi connectivity index (χ1v) is 6.82. The summed E-state index contributed by atoms with van der Waals surface area (Å²) < 4.78 is 0. The smallest absolute Gasteiger partial charge is 0.0195 e. The fraction of sp³-hybridized carbons (Fsp3) is 1.00. The molecular weight excluding hydrogens is 184 g/mol. The molecule has 90 valence electrons. The number of unbranched alkanes of at least 4 members (excludes halogenated alkanes) is 3. The molecule has 0 radical (unpaired) electrons. The molecule has 1 fully saturated rings. The first kappa shape index (κ1) is 13.0. The van der Waals surface area contributed by atoms with Crippen LogP contribution in [0, 0.1) is 0 Å². The van der Waals surface area contributed by atoms with Crippen molar-refractivity contribution in [3.63, 3.8) is 0 Å². The van der Waals surface area contributed by atoms with Gasteiger partial charge in [-0.1, -0.05) is 33.1 Å². The lowest BCUT2D eigenvalue weighted by atomic mass is 10.1. The van der Waals surface area contributed by atoms with Gasteiger partial charge >= 0.3 is 0 Å². The predicted molar refractivity (Wildman–Crippen MR) is 67.3 cm³/mol. The van der Waals surface area contributed by atoms with Gasteiger partial charge in [-0.2, -0.15) is 0 Å². The number of piperidine rings is 1. The largest absolute Gasteiger partial charge is 0.313 e. The maximum absolute atomic E-state index is 3.70. The van der Waals surface area contributed by atoms with Crippen LogP contribution in [-0.2, 0) is 0 Å². The monoisotopic (exact) mass is 212 g/mol. The van der Waals surface area contributed by atoms with Gasteiger partial charge in [-0.05, 0) is 38.9 Å². The van der Waals surface area contributed by atoms with E-state index in [0.29, 0.717) is 0 Å². The van der Waals surface area contributed by atoms with E-state index in [0.717, 1.165) is 6.04 Å². The topological polar surface area (TPSA) is 15.3 Å². The molecule has 1 unspecified atom stereocenters. The third kappa shape index (κ3) is 5.53. The molecule has 1 heterocycles. The third-order valence-electron chi connectivity index (χ3n) is 3.42. The van der Waals surface area contributed by atoms with E-state index >= 15 is 0 Å². The number of nitrogens with one attached hydrogen (secondary N) is 1. The van der Waals surface area contributed by atoms with Crippen molar-refractivity contribution in [2.24, 2.45) is 0 Å². The highest BCUT2D eigenvalue weighted by Crippen LogP contribution is 2.09. The van der Waals surface area contributed by atoms with E-state index < -0.39 is 0 Å². The van der Waals surface area contributed by atoms with Gasteiger partial charge in [0.1, 0.15) is 0 Å². The van der Waals surface area contributed by atoms with Crippen molar-refractivity contribution in [1.82, 2.24) is 10.2 Å². The van der Waals surface area contributed by atoms with Crippen molar-refractivity contribution < 1.29 is 0 Å². The van der Waals surface area contributed by atoms with E-state index in [-0.39, 0.29) is 0 Å². The standard InChI is InChI=1S/C13H28N2/c1-3-5-6-7-10-14-13-9-8-11-15(4-2)12-13/h13-14H,3-12H2,1-2H3. The van der Waals surface area contributed by atoms with Crippen LogP contribution in [0.1, 0.15) is 52.4 Å². The Balaban J connectivity index is 2.00. The van der Waals surface area contributed by atoms with Gasteiger partial charge in [0, 0.05) is 12.6 Å². The zero-order valence-electron chi connectivity index (χ0n) is 10.6. The highest BCUT2D eigenvalue weighted by atomic mass is 15.2. The van der Waals surface area contributed by atoms with Gasteiger partial charge in [-0.3, -0.25) is 0 Å². The van der Waals surface area contributed by atoms with E-state index in [1.807, 2.05) is 0 Å². The lowest BCUT2D eigenvalue weighted by Crippen LogP contribution is -2.45. The first-order valence-electron chi connectivity index (χ1n) is 6.82. The molecule has 2 heteroatoms. The molecule has 1 N–H and O–H groups in total. The third-order valence-corrected chi connectivity index (χ3v) is 3.42. The Hall–Kier alpha value is -0.0800. The van der Waals surface area contributed by atoms with E-state index in [2.05, 4.69) is 24.1 Å². The Morgan fingerprint density at radius 1 is 1.20 bits per heavy atom. The van der Waals surface area contributed by atoms with Crippen LogP contribution in [0.25, 0.3) is 0 Å². The average Bonchev–Trinajstić information content (AvgIpc) is 2.29.